The highest BCUT2D eigenvalue weighted by molar-refractivity contribution is 6.06. The van der Waals surface area contributed by atoms with Gasteiger partial charge in [0.25, 0.3) is 0 Å². The van der Waals surface area contributed by atoms with E-state index >= 15 is 0 Å². The van der Waals surface area contributed by atoms with Crippen LogP contribution in [0.3, 0.4) is 0 Å². The first kappa shape index (κ1) is 35.6. The summed E-state index contributed by atoms with van der Waals surface area (Å²) in [6.07, 6.45) is 21.1. The lowest BCUT2D eigenvalue weighted by molar-refractivity contribution is 0.304. The Balaban J connectivity index is 1.35. The maximum atomic E-state index is 6.11. The number of fused-ring (bicyclic) bond motifs is 1. The van der Waals surface area contributed by atoms with E-state index < -0.39 is 0 Å². The molecule has 0 N–H and O–H groups in total. The molecule has 0 fully saturated rings. The molecule has 248 valence electrons. The summed E-state index contributed by atoms with van der Waals surface area (Å²) in [5, 5.41) is 2.59. The molecular weight excluding hydrogens is 560 g/mol. The summed E-state index contributed by atoms with van der Waals surface area (Å²) in [4.78, 5) is 0. The van der Waals surface area contributed by atoms with E-state index in [9.17, 15) is 0 Å². The standard InChI is InChI=1S/C44H60O2/c1-5-7-9-11-13-15-17-19-33-45-39-27-23-37(24-28-39)43-35(3)21-32-42-41(43)31-22-36(4)44(42)38-25-29-40(30-26-38)46-34-20-18-16-14-12-10-8-6-2/h21-32H,5-20,33-34H2,1-4H3. The van der Waals surface area contributed by atoms with Crippen molar-refractivity contribution in [2.24, 2.45) is 0 Å². The van der Waals surface area contributed by atoms with Crippen LogP contribution in [-0.2, 0) is 0 Å². The molecule has 4 rings (SSSR count). The van der Waals surface area contributed by atoms with Crippen molar-refractivity contribution in [3.8, 4) is 33.8 Å². The molecule has 0 atom stereocenters. The Morgan fingerprint density at radius 1 is 0.370 bits per heavy atom. The summed E-state index contributed by atoms with van der Waals surface area (Å²) in [6, 6.07) is 26.6. The van der Waals surface area contributed by atoms with Crippen LogP contribution in [0.1, 0.15) is 128 Å². The fourth-order valence-electron chi connectivity index (χ4n) is 6.68. The largest absolute Gasteiger partial charge is 0.494 e. The Kier molecular flexibility index (Phi) is 15.5. The van der Waals surface area contributed by atoms with Gasteiger partial charge in [0.1, 0.15) is 11.5 Å². The van der Waals surface area contributed by atoms with Crippen molar-refractivity contribution in [1.29, 1.82) is 0 Å². The highest BCUT2D eigenvalue weighted by atomic mass is 16.5. The number of benzene rings is 4. The van der Waals surface area contributed by atoms with E-state index in [0.717, 1.165) is 37.6 Å². The highest BCUT2D eigenvalue weighted by Crippen LogP contribution is 2.39. The molecule has 0 aliphatic carbocycles. The Morgan fingerprint density at radius 2 is 0.696 bits per heavy atom. The quantitative estimate of drug-likeness (QED) is 0.0814. The molecule has 0 unspecified atom stereocenters. The lowest BCUT2D eigenvalue weighted by atomic mass is 9.88. The Bertz CT molecular complexity index is 1310. The molecule has 0 saturated heterocycles. The van der Waals surface area contributed by atoms with E-state index in [4.69, 9.17) is 9.47 Å². The molecule has 0 bridgehead atoms. The van der Waals surface area contributed by atoms with Gasteiger partial charge in [-0.15, -0.1) is 0 Å². The van der Waals surface area contributed by atoms with Crippen molar-refractivity contribution in [3.63, 3.8) is 0 Å². The van der Waals surface area contributed by atoms with Crippen LogP contribution in [0.25, 0.3) is 33.0 Å². The van der Waals surface area contributed by atoms with Gasteiger partial charge in [0.05, 0.1) is 13.2 Å². The fraction of sp³-hybridized carbons (Fsp3) is 0.500. The number of ether oxygens (including phenoxy) is 2. The molecule has 4 aromatic carbocycles. The highest BCUT2D eigenvalue weighted by Gasteiger charge is 2.14. The van der Waals surface area contributed by atoms with Crippen molar-refractivity contribution >= 4 is 10.8 Å². The normalized spacial score (nSPS) is 11.3. The first-order chi connectivity index (χ1) is 22.6. The molecule has 0 radical (unpaired) electrons. The fourth-order valence-corrected chi connectivity index (χ4v) is 6.68. The second-order valence-electron chi connectivity index (χ2n) is 13.3. The van der Waals surface area contributed by atoms with Gasteiger partial charge in [-0.25, -0.2) is 0 Å². The van der Waals surface area contributed by atoms with Gasteiger partial charge in [-0.2, -0.15) is 0 Å². The molecule has 0 aliphatic heterocycles. The number of rotatable bonds is 22. The second-order valence-corrected chi connectivity index (χ2v) is 13.3. The maximum Gasteiger partial charge on any atom is 0.119 e. The zero-order chi connectivity index (χ0) is 32.4. The molecule has 0 saturated carbocycles. The Hall–Kier alpha value is -3.26. The topological polar surface area (TPSA) is 18.5 Å². The second kappa shape index (κ2) is 20.1. The Morgan fingerprint density at radius 3 is 1.04 bits per heavy atom. The van der Waals surface area contributed by atoms with E-state index in [1.54, 1.807) is 0 Å². The predicted octanol–water partition coefficient (Wildman–Crippen LogP) is 13.8. The molecule has 2 nitrogen and oxygen atoms in total. The summed E-state index contributed by atoms with van der Waals surface area (Å²) < 4.78 is 12.2. The van der Waals surface area contributed by atoms with Crippen LogP contribution in [-0.4, -0.2) is 13.2 Å². The number of hydrogen-bond donors (Lipinski definition) is 0. The van der Waals surface area contributed by atoms with Crippen molar-refractivity contribution < 1.29 is 9.47 Å². The molecule has 2 heteroatoms. The van der Waals surface area contributed by atoms with Gasteiger partial charge in [-0.3, -0.25) is 0 Å². The third-order valence-electron chi connectivity index (χ3n) is 9.44. The van der Waals surface area contributed by atoms with Crippen LogP contribution < -0.4 is 9.47 Å². The summed E-state index contributed by atoms with van der Waals surface area (Å²) in [6.45, 7) is 10.6. The summed E-state index contributed by atoms with van der Waals surface area (Å²) in [7, 11) is 0. The lowest BCUT2D eigenvalue weighted by Gasteiger charge is -2.17. The molecule has 0 heterocycles. The number of aryl methyl sites for hydroxylation is 2. The molecule has 46 heavy (non-hydrogen) atoms. The average molecular weight is 621 g/mol. The van der Waals surface area contributed by atoms with Crippen molar-refractivity contribution in [2.45, 2.75) is 130 Å². The smallest absolute Gasteiger partial charge is 0.119 e. The van der Waals surface area contributed by atoms with Gasteiger partial charge in [-0.05, 0) is 95.1 Å². The van der Waals surface area contributed by atoms with Gasteiger partial charge in [0.15, 0.2) is 0 Å². The van der Waals surface area contributed by atoms with Gasteiger partial charge in [-0.1, -0.05) is 152 Å². The van der Waals surface area contributed by atoms with E-state index in [1.165, 1.54) is 134 Å². The third-order valence-corrected chi connectivity index (χ3v) is 9.44. The third kappa shape index (κ3) is 10.9. The van der Waals surface area contributed by atoms with Crippen LogP contribution in [0.15, 0.2) is 72.8 Å². The molecule has 0 aliphatic rings. The van der Waals surface area contributed by atoms with Crippen molar-refractivity contribution in [1.82, 2.24) is 0 Å². The van der Waals surface area contributed by atoms with Gasteiger partial charge < -0.3 is 9.47 Å². The predicted molar refractivity (Wildman–Crippen MR) is 201 cm³/mol. The first-order valence-electron chi connectivity index (χ1n) is 18.6. The van der Waals surface area contributed by atoms with E-state index in [0.29, 0.717) is 0 Å². The zero-order valence-corrected chi connectivity index (χ0v) is 29.5. The number of unbranched alkanes of at least 4 members (excludes halogenated alkanes) is 14. The van der Waals surface area contributed by atoms with Crippen LogP contribution in [0, 0.1) is 13.8 Å². The van der Waals surface area contributed by atoms with Gasteiger partial charge in [0, 0.05) is 0 Å². The summed E-state index contributed by atoms with van der Waals surface area (Å²) >= 11 is 0. The van der Waals surface area contributed by atoms with E-state index in [1.807, 2.05) is 0 Å². The molecular formula is C44H60O2. The van der Waals surface area contributed by atoms with Crippen LogP contribution in [0.4, 0.5) is 0 Å². The number of hydrogen-bond acceptors (Lipinski definition) is 2. The van der Waals surface area contributed by atoms with Gasteiger partial charge >= 0.3 is 0 Å². The molecule has 4 aromatic rings. The Labute approximate surface area is 280 Å². The minimum Gasteiger partial charge on any atom is -0.494 e. The minimum absolute atomic E-state index is 0.799. The zero-order valence-electron chi connectivity index (χ0n) is 29.5. The van der Waals surface area contributed by atoms with E-state index in [-0.39, 0.29) is 0 Å². The van der Waals surface area contributed by atoms with Crippen LogP contribution >= 0.6 is 0 Å². The summed E-state index contributed by atoms with van der Waals surface area (Å²) in [5.74, 6) is 1.93. The molecule has 0 aromatic heterocycles. The molecule has 0 amide bonds. The van der Waals surface area contributed by atoms with E-state index in [2.05, 4.69) is 100 Å². The average Bonchev–Trinajstić information content (AvgIpc) is 3.07. The maximum absolute atomic E-state index is 6.11. The van der Waals surface area contributed by atoms with Crippen LogP contribution in [0.2, 0.25) is 0 Å². The lowest BCUT2D eigenvalue weighted by Crippen LogP contribution is -1.97. The van der Waals surface area contributed by atoms with Crippen LogP contribution in [0.5, 0.6) is 11.5 Å². The SMILES string of the molecule is CCCCCCCCCCOc1ccc(-c2c(C)ccc3c(-c4ccc(OCCCCCCCCCC)cc4)c(C)ccc23)cc1. The van der Waals surface area contributed by atoms with Gasteiger partial charge in [0.2, 0.25) is 0 Å². The minimum atomic E-state index is 0.799. The summed E-state index contributed by atoms with van der Waals surface area (Å²) in [5.41, 5.74) is 7.67. The monoisotopic (exact) mass is 620 g/mol. The molecule has 0 spiro atoms. The van der Waals surface area contributed by atoms with Crippen molar-refractivity contribution in [3.05, 3.63) is 83.9 Å². The van der Waals surface area contributed by atoms with Crippen molar-refractivity contribution in [2.75, 3.05) is 13.2 Å². The first-order valence-corrected chi connectivity index (χ1v) is 18.6.